The molecule has 9 heteroatoms. The maximum atomic E-state index is 11.9. The lowest BCUT2D eigenvalue weighted by molar-refractivity contribution is -0.117. The Bertz CT molecular complexity index is 802. The van der Waals surface area contributed by atoms with Gasteiger partial charge in [-0.15, -0.1) is 10.2 Å². The van der Waals surface area contributed by atoms with E-state index in [0.29, 0.717) is 5.16 Å². The van der Waals surface area contributed by atoms with Crippen molar-refractivity contribution in [2.75, 3.05) is 25.9 Å². The third-order valence-electron chi connectivity index (χ3n) is 4.77. The van der Waals surface area contributed by atoms with Gasteiger partial charge in [0.15, 0.2) is 11.0 Å². The first-order chi connectivity index (χ1) is 13.6. The summed E-state index contributed by atoms with van der Waals surface area (Å²) < 4.78 is 2.00. The van der Waals surface area contributed by atoms with Crippen LogP contribution in [0.2, 0.25) is 0 Å². The Labute approximate surface area is 169 Å². The number of thioether (sulfide) groups is 1. The number of nitrogens with zero attached hydrogens (tertiary/aromatic N) is 4. The Kier molecular flexibility index (Phi) is 7.05. The number of rotatable bonds is 6. The minimum absolute atomic E-state index is 0.0830. The summed E-state index contributed by atoms with van der Waals surface area (Å²) >= 11 is 1.26. The van der Waals surface area contributed by atoms with Crippen molar-refractivity contribution in [3.8, 4) is 5.69 Å². The molecular formula is C19H26N6O2S. The number of hydrogen-bond acceptors (Lipinski definition) is 6. The zero-order chi connectivity index (χ0) is 19.9. The zero-order valence-corrected chi connectivity index (χ0v) is 17.0. The minimum Gasteiger partial charge on any atom is -0.341 e. The molecule has 0 atom stereocenters. The smallest absolute Gasteiger partial charge is 0.321 e. The van der Waals surface area contributed by atoms with Crippen LogP contribution in [0.3, 0.4) is 0 Å². The number of aromatic nitrogens is 3. The quantitative estimate of drug-likeness (QED) is 0.719. The van der Waals surface area contributed by atoms with E-state index in [1.807, 2.05) is 34.9 Å². The van der Waals surface area contributed by atoms with Gasteiger partial charge in [-0.3, -0.25) is 19.6 Å². The molecule has 1 saturated heterocycles. The molecule has 0 unspecified atom stereocenters. The molecule has 8 nitrogen and oxygen atoms in total. The van der Waals surface area contributed by atoms with Gasteiger partial charge in [-0.1, -0.05) is 36.9 Å². The van der Waals surface area contributed by atoms with Crippen molar-refractivity contribution in [1.82, 2.24) is 30.3 Å². The average molecular weight is 403 g/mol. The van der Waals surface area contributed by atoms with E-state index in [9.17, 15) is 9.59 Å². The Hall–Kier alpha value is -2.39. The highest BCUT2D eigenvalue weighted by molar-refractivity contribution is 7.99. The van der Waals surface area contributed by atoms with Crippen molar-refractivity contribution in [3.05, 3.63) is 36.2 Å². The van der Waals surface area contributed by atoms with E-state index in [-0.39, 0.29) is 11.7 Å². The van der Waals surface area contributed by atoms with Gasteiger partial charge in [-0.05, 0) is 44.0 Å². The van der Waals surface area contributed by atoms with E-state index in [1.54, 1.807) is 0 Å². The molecule has 150 valence electrons. The summed E-state index contributed by atoms with van der Waals surface area (Å²) in [6.45, 7) is 5.13. The molecule has 0 radical (unpaired) electrons. The first-order valence-electron chi connectivity index (χ1n) is 9.43. The van der Waals surface area contributed by atoms with Gasteiger partial charge in [-0.2, -0.15) is 0 Å². The number of carbonyl (C=O) groups excluding carboxylic acids is 2. The molecule has 1 fully saturated rings. The Morgan fingerprint density at radius 1 is 1.18 bits per heavy atom. The van der Waals surface area contributed by atoms with Crippen molar-refractivity contribution in [3.63, 3.8) is 0 Å². The molecule has 28 heavy (non-hydrogen) atoms. The van der Waals surface area contributed by atoms with Gasteiger partial charge in [0.05, 0.1) is 12.3 Å². The summed E-state index contributed by atoms with van der Waals surface area (Å²) in [5.74, 6) is 1.33. The standard InChI is InChI=1S/C19H26N6O2S/c1-14-8-10-24(11-9-14)12-16-22-23-19(25(16)15-6-4-3-5-7-15)28-13-17(26)21-18(27)20-2/h3-7,14H,8-13H2,1-2H3,(H2,20,21,26,27). The predicted octanol–water partition coefficient (Wildman–Crippen LogP) is 2.05. The van der Waals surface area contributed by atoms with Crippen LogP contribution in [-0.4, -0.2) is 57.5 Å². The summed E-state index contributed by atoms with van der Waals surface area (Å²) in [5, 5.41) is 14.0. The van der Waals surface area contributed by atoms with E-state index in [4.69, 9.17) is 0 Å². The molecule has 1 aromatic carbocycles. The number of amides is 3. The van der Waals surface area contributed by atoms with Crippen LogP contribution in [0, 0.1) is 5.92 Å². The first-order valence-corrected chi connectivity index (χ1v) is 10.4. The molecule has 1 aliphatic rings. The van der Waals surface area contributed by atoms with Crippen LogP contribution in [0.25, 0.3) is 5.69 Å². The summed E-state index contributed by atoms with van der Waals surface area (Å²) in [4.78, 5) is 25.6. The van der Waals surface area contributed by atoms with E-state index >= 15 is 0 Å². The number of nitrogens with one attached hydrogen (secondary N) is 2. The number of carbonyl (C=O) groups is 2. The van der Waals surface area contributed by atoms with E-state index in [0.717, 1.165) is 37.1 Å². The molecule has 2 heterocycles. The highest BCUT2D eigenvalue weighted by atomic mass is 32.2. The lowest BCUT2D eigenvalue weighted by Gasteiger charge is -2.29. The molecule has 3 amide bonds. The number of imide groups is 1. The number of urea groups is 1. The van der Waals surface area contributed by atoms with Crippen molar-refractivity contribution in [2.24, 2.45) is 5.92 Å². The maximum Gasteiger partial charge on any atom is 0.321 e. The Balaban J connectivity index is 1.75. The van der Waals surface area contributed by atoms with Gasteiger partial charge in [0, 0.05) is 12.7 Å². The summed E-state index contributed by atoms with van der Waals surface area (Å²) in [6.07, 6.45) is 2.39. The third-order valence-corrected chi connectivity index (χ3v) is 5.70. The molecule has 0 spiro atoms. The maximum absolute atomic E-state index is 11.9. The van der Waals surface area contributed by atoms with Gasteiger partial charge in [0.25, 0.3) is 0 Å². The second-order valence-electron chi connectivity index (χ2n) is 6.94. The number of para-hydroxylation sites is 1. The van der Waals surface area contributed by atoms with Crippen LogP contribution in [0.4, 0.5) is 4.79 Å². The van der Waals surface area contributed by atoms with Gasteiger partial charge >= 0.3 is 6.03 Å². The molecule has 1 aromatic heterocycles. The summed E-state index contributed by atoms with van der Waals surface area (Å²) in [6, 6.07) is 9.38. The minimum atomic E-state index is -0.518. The second-order valence-corrected chi connectivity index (χ2v) is 7.89. The number of likely N-dealkylation sites (tertiary alicyclic amines) is 1. The van der Waals surface area contributed by atoms with Crippen LogP contribution in [-0.2, 0) is 11.3 Å². The highest BCUT2D eigenvalue weighted by Crippen LogP contribution is 2.24. The molecule has 0 saturated carbocycles. The summed E-state index contributed by atoms with van der Waals surface area (Å²) in [7, 11) is 1.47. The zero-order valence-electron chi connectivity index (χ0n) is 16.2. The van der Waals surface area contributed by atoms with Gasteiger partial charge < -0.3 is 5.32 Å². The number of piperidine rings is 1. The van der Waals surface area contributed by atoms with Crippen LogP contribution in [0.15, 0.2) is 35.5 Å². The normalized spacial score (nSPS) is 15.4. The molecule has 0 bridgehead atoms. The highest BCUT2D eigenvalue weighted by Gasteiger charge is 2.21. The van der Waals surface area contributed by atoms with Crippen molar-refractivity contribution >= 4 is 23.7 Å². The fourth-order valence-electron chi connectivity index (χ4n) is 3.11. The molecular weight excluding hydrogens is 376 g/mol. The van der Waals surface area contributed by atoms with Crippen molar-refractivity contribution in [2.45, 2.75) is 31.5 Å². The lowest BCUT2D eigenvalue weighted by Crippen LogP contribution is -2.38. The predicted molar refractivity (Wildman–Crippen MR) is 108 cm³/mol. The van der Waals surface area contributed by atoms with E-state index < -0.39 is 6.03 Å². The second kappa shape index (κ2) is 9.70. The number of benzene rings is 1. The van der Waals surface area contributed by atoms with Gasteiger partial charge in [0.1, 0.15) is 0 Å². The molecule has 0 aliphatic carbocycles. The third kappa shape index (κ3) is 5.32. The monoisotopic (exact) mass is 402 g/mol. The van der Waals surface area contributed by atoms with Crippen molar-refractivity contribution < 1.29 is 9.59 Å². The molecule has 2 N–H and O–H groups in total. The van der Waals surface area contributed by atoms with Crippen LogP contribution in [0.1, 0.15) is 25.6 Å². The largest absolute Gasteiger partial charge is 0.341 e. The van der Waals surface area contributed by atoms with Crippen LogP contribution in [0.5, 0.6) is 0 Å². The fourth-order valence-corrected chi connectivity index (χ4v) is 3.88. The summed E-state index contributed by atoms with van der Waals surface area (Å²) in [5.41, 5.74) is 0.960. The molecule has 1 aliphatic heterocycles. The molecule has 3 rings (SSSR count). The Morgan fingerprint density at radius 2 is 1.89 bits per heavy atom. The molecule has 2 aromatic rings. The van der Waals surface area contributed by atoms with Crippen LogP contribution < -0.4 is 10.6 Å². The lowest BCUT2D eigenvalue weighted by atomic mass is 9.99. The fraction of sp³-hybridized carbons (Fsp3) is 0.474. The first kappa shape index (κ1) is 20.3. The van der Waals surface area contributed by atoms with Crippen LogP contribution >= 0.6 is 11.8 Å². The van der Waals surface area contributed by atoms with Gasteiger partial charge in [-0.25, -0.2) is 4.79 Å². The topological polar surface area (TPSA) is 92.2 Å². The van der Waals surface area contributed by atoms with Crippen molar-refractivity contribution in [1.29, 1.82) is 0 Å². The number of hydrogen-bond donors (Lipinski definition) is 2. The van der Waals surface area contributed by atoms with Gasteiger partial charge in [0.2, 0.25) is 5.91 Å². The van der Waals surface area contributed by atoms with E-state index in [1.165, 1.54) is 31.7 Å². The average Bonchev–Trinajstić information content (AvgIpc) is 3.11. The SMILES string of the molecule is CNC(=O)NC(=O)CSc1nnc(CN2CCC(C)CC2)n1-c1ccccc1. The van der Waals surface area contributed by atoms with E-state index in [2.05, 4.69) is 32.7 Å². The Morgan fingerprint density at radius 3 is 2.57 bits per heavy atom.